The van der Waals surface area contributed by atoms with Crippen LogP contribution >= 0.6 is 37.3 Å². The summed E-state index contributed by atoms with van der Waals surface area (Å²) >= 11 is 8.19. The van der Waals surface area contributed by atoms with Gasteiger partial charge in [-0.25, -0.2) is 0 Å². The monoisotopic (exact) mass is 364 g/mol. The van der Waals surface area contributed by atoms with Crippen LogP contribution in [-0.2, 0) is 4.74 Å². The molecule has 1 rings (SSSR count). The zero-order chi connectivity index (χ0) is 16.4. The Morgan fingerprint density at radius 3 is 2.00 bits per heavy atom. The molecule has 2 N–H and O–H groups in total. The third kappa shape index (κ3) is 11.2. The summed E-state index contributed by atoms with van der Waals surface area (Å²) in [4.78, 5) is 17.0. The van der Waals surface area contributed by atoms with Crippen LogP contribution < -0.4 is 5.73 Å². The lowest BCUT2D eigenvalue weighted by Crippen LogP contribution is -2.32. The first kappa shape index (κ1) is 22.8. The Morgan fingerprint density at radius 1 is 1.18 bits per heavy atom. The molecule has 0 aromatic heterocycles. The average Bonchev–Trinajstić information content (AvgIpc) is 2.38. The maximum absolute atomic E-state index is 9.09. The van der Waals surface area contributed by atoms with Crippen molar-refractivity contribution in [3.05, 3.63) is 30.3 Å². The van der Waals surface area contributed by atoms with Crippen LogP contribution in [0.25, 0.3) is 0 Å². The fourth-order valence-corrected chi connectivity index (χ4v) is 1.07. The number of hydrogen-bond donors (Lipinski definition) is 2. The molecule has 124 valence electrons. The molecule has 1 amide bonds. The maximum Gasteiger partial charge on any atom is 0.299 e. The number of rotatable bonds is 1. The summed E-state index contributed by atoms with van der Waals surface area (Å²) in [6.07, 6.45) is 0. The molecule has 1 aromatic carbocycles. The van der Waals surface area contributed by atoms with E-state index < -0.39 is 5.24 Å². The minimum absolute atomic E-state index is 0. The second kappa shape index (κ2) is 12.1. The van der Waals surface area contributed by atoms with Crippen molar-refractivity contribution in [1.82, 2.24) is 9.80 Å². The summed E-state index contributed by atoms with van der Waals surface area (Å²) in [5.74, 6) is 0. The minimum atomic E-state index is -0.639. The van der Waals surface area contributed by atoms with E-state index in [0.717, 1.165) is 5.69 Å². The number of amidine groups is 1. The van der Waals surface area contributed by atoms with Crippen LogP contribution in [0.3, 0.4) is 0 Å². The van der Waals surface area contributed by atoms with Gasteiger partial charge in [0.1, 0.15) is 0 Å². The molecule has 0 atom stereocenters. The van der Waals surface area contributed by atoms with Crippen LogP contribution in [0.1, 0.15) is 0 Å². The number of nitrogens with zero attached hydrogens (tertiary/aromatic N) is 3. The Labute approximate surface area is 148 Å². The Kier molecular flexibility index (Phi) is 12.5. The molecule has 0 bridgehead atoms. The van der Waals surface area contributed by atoms with Crippen molar-refractivity contribution < 1.29 is 9.53 Å². The van der Waals surface area contributed by atoms with Crippen molar-refractivity contribution in [3.8, 4) is 0 Å². The van der Waals surface area contributed by atoms with Gasteiger partial charge in [0.2, 0.25) is 0 Å². The summed E-state index contributed by atoms with van der Waals surface area (Å²) in [7, 11) is 7.39. The van der Waals surface area contributed by atoms with Crippen molar-refractivity contribution in [2.45, 2.75) is 0 Å². The third-order valence-electron chi connectivity index (χ3n) is 1.91. The van der Waals surface area contributed by atoms with E-state index >= 15 is 0 Å². The first-order chi connectivity index (χ1) is 9.73. The minimum Gasteiger partial charge on any atom is -0.398 e. The smallest absolute Gasteiger partial charge is 0.299 e. The van der Waals surface area contributed by atoms with Crippen molar-refractivity contribution in [1.29, 1.82) is 0 Å². The Hall–Kier alpha value is -1.51. The highest BCUT2D eigenvalue weighted by molar-refractivity contribution is 7.96. The van der Waals surface area contributed by atoms with Crippen LogP contribution in [0.4, 0.5) is 10.5 Å². The van der Waals surface area contributed by atoms with Gasteiger partial charge in [-0.05, 0) is 24.4 Å². The van der Waals surface area contributed by atoms with Crippen LogP contribution in [0.2, 0.25) is 0 Å². The molecule has 0 saturated heterocycles. The predicted octanol–water partition coefficient (Wildman–Crippen LogP) is 2.52. The fraction of sp³-hybridized carbons (Fsp3) is 0.308. The van der Waals surface area contributed by atoms with Crippen molar-refractivity contribution in [3.63, 3.8) is 0 Å². The SMILES string of the molecule is CN(C)C(=S)OC(=Nc1ccccc1)N(C)C.Cl.NC(=O)S. The normalized spacial score (nSPS) is 9.59. The number of aliphatic imine (C=N–C) groups is 1. The van der Waals surface area contributed by atoms with Crippen molar-refractivity contribution in [2.24, 2.45) is 10.7 Å². The molecular weight excluding hydrogens is 344 g/mol. The molecule has 9 heteroatoms. The Balaban J connectivity index is 0. The number of nitrogens with two attached hydrogens (primary N) is 1. The number of benzene rings is 1. The largest absolute Gasteiger partial charge is 0.398 e. The zero-order valence-electron chi connectivity index (χ0n) is 12.9. The second-order valence-corrected chi connectivity index (χ2v) is 5.02. The lowest BCUT2D eigenvalue weighted by Gasteiger charge is -2.19. The standard InChI is InChI=1S/C12H17N3OS.CH3NOS.ClH/c1-14(2)11(16-12(17)15(3)4)13-10-8-6-5-7-9-10;2-1(3)4;/h5-9H,1-4H3;(H3,2,3,4);1H. The number of halogens is 1. The number of amides is 1. The number of para-hydroxylation sites is 1. The molecule has 0 spiro atoms. The lowest BCUT2D eigenvalue weighted by atomic mass is 10.3. The molecular formula is C13H21ClN4O2S2. The first-order valence-corrected chi connectivity index (χ1v) is 6.78. The number of thiocarbonyl (C=S) groups is 1. The third-order valence-corrected chi connectivity index (χ3v) is 2.36. The summed E-state index contributed by atoms with van der Waals surface area (Å²) in [5.41, 5.74) is 5.17. The molecule has 0 aliphatic heterocycles. The summed E-state index contributed by atoms with van der Waals surface area (Å²) < 4.78 is 5.51. The van der Waals surface area contributed by atoms with E-state index in [1.165, 1.54) is 0 Å². The van der Waals surface area contributed by atoms with Gasteiger partial charge >= 0.3 is 0 Å². The summed E-state index contributed by atoms with van der Waals surface area (Å²) in [6.45, 7) is 0. The van der Waals surface area contributed by atoms with Gasteiger partial charge in [-0.1, -0.05) is 30.8 Å². The van der Waals surface area contributed by atoms with Gasteiger partial charge in [-0.2, -0.15) is 4.99 Å². The van der Waals surface area contributed by atoms with Crippen molar-refractivity contribution in [2.75, 3.05) is 28.2 Å². The highest BCUT2D eigenvalue weighted by Gasteiger charge is 2.09. The topological polar surface area (TPSA) is 71.2 Å². The van der Waals surface area contributed by atoms with Crippen LogP contribution in [0.15, 0.2) is 35.3 Å². The van der Waals surface area contributed by atoms with E-state index in [1.54, 1.807) is 9.80 Å². The highest BCUT2D eigenvalue weighted by atomic mass is 35.5. The molecule has 0 radical (unpaired) electrons. The molecule has 0 saturated carbocycles. The molecule has 22 heavy (non-hydrogen) atoms. The quantitative estimate of drug-likeness (QED) is 0.347. The maximum atomic E-state index is 9.09. The average molecular weight is 365 g/mol. The van der Waals surface area contributed by atoms with Gasteiger partial charge in [0.15, 0.2) is 0 Å². The summed E-state index contributed by atoms with van der Waals surface area (Å²) in [5, 5.41) is -0.256. The van der Waals surface area contributed by atoms with Gasteiger partial charge in [-0.15, -0.1) is 12.4 Å². The molecule has 0 aliphatic carbocycles. The van der Waals surface area contributed by atoms with Crippen LogP contribution in [0.5, 0.6) is 0 Å². The van der Waals surface area contributed by atoms with Gasteiger partial charge in [0, 0.05) is 28.2 Å². The van der Waals surface area contributed by atoms with E-state index in [-0.39, 0.29) is 12.4 Å². The molecule has 0 fully saturated rings. The number of carbonyl (C=O) groups excluding carboxylic acids is 1. The van der Waals surface area contributed by atoms with Crippen molar-refractivity contribution >= 4 is 59.4 Å². The number of ether oxygens (including phenoxy) is 1. The van der Waals surface area contributed by atoms with Gasteiger partial charge in [0.25, 0.3) is 16.4 Å². The van der Waals surface area contributed by atoms with E-state index in [2.05, 4.69) is 23.4 Å². The van der Waals surface area contributed by atoms with Gasteiger partial charge in [0.05, 0.1) is 5.69 Å². The number of hydrogen-bond acceptors (Lipinski definition) is 4. The van der Waals surface area contributed by atoms with Gasteiger partial charge in [-0.3, -0.25) is 4.79 Å². The molecule has 1 aromatic rings. The second-order valence-electron chi connectivity index (χ2n) is 4.22. The number of carbonyl (C=O) groups is 1. The van der Waals surface area contributed by atoms with E-state index in [9.17, 15) is 0 Å². The van der Waals surface area contributed by atoms with E-state index in [0.29, 0.717) is 11.2 Å². The molecule has 0 unspecified atom stereocenters. The first-order valence-electron chi connectivity index (χ1n) is 5.92. The van der Waals surface area contributed by atoms with Crippen LogP contribution in [0, 0.1) is 0 Å². The predicted molar refractivity (Wildman–Crippen MR) is 100 cm³/mol. The number of thiol groups is 1. The summed E-state index contributed by atoms with van der Waals surface area (Å²) in [6, 6.07) is 10.1. The molecule has 6 nitrogen and oxygen atoms in total. The Bertz CT molecular complexity index is 492. The van der Waals surface area contributed by atoms with E-state index in [4.69, 9.17) is 21.7 Å². The molecule has 0 heterocycles. The molecule has 0 aliphatic rings. The van der Waals surface area contributed by atoms with Gasteiger partial charge < -0.3 is 20.3 Å². The van der Waals surface area contributed by atoms with E-state index in [1.807, 2.05) is 58.5 Å². The highest BCUT2D eigenvalue weighted by Crippen LogP contribution is 2.11. The van der Waals surface area contributed by atoms with Crippen LogP contribution in [-0.4, -0.2) is 54.4 Å². The fourth-order valence-electron chi connectivity index (χ4n) is 0.996. The lowest BCUT2D eigenvalue weighted by molar-refractivity contribution is 0.267. The number of primary amides is 1. The Morgan fingerprint density at radius 2 is 1.64 bits per heavy atom. The zero-order valence-corrected chi connectivity index (χ0v) is 15.4.